The Morgan fingerprint density at radius 2 is 2.00 bits per heavy atom. The Balaban J connectivity index is 2.04. The van der Waals surface area contributed by atoms with Crippen molar-refractivity contribution >= 4 is 17.6 Å². The van der Waals surface area contributed by atoms with E-state index >= 15 is 0 Å². The van der Waals surface area contributed by atoms with E-state index in [4.69, 9.17) is 5.11 Å². The zero-order valence-electron chi connectivity index (χ0n) is 11.0. The number of hydrogen-bond donors (Lipinski definition) is 3. The van der Waals surface area contributed by atoms with E-state index in [2.05, 4.69) is 10.3 Å². The number of rotatable bonds is 3. The molecule has 1 fully saturated rings. The minimum absolute atomic E-state index is 0.100. The number of aryl methyl sites for hydroxylation is 1. The molecule has 1 heterocycles. The van der Waals surface area contributed by atoms with Gasteiger partial charge in [-0.2, -0.15) is 0 Å². The van der Waals surface area contributed by atoms with E-state index < -0.39 is 23.7 Å². The lowest BCUT2D eigenvalue weighted by Crippen LogP contribution is -2.32. The Kier molecular flexibility index (Phi) is 3.78. The Morgan fingerprint density at radius 3 is 2.55 bits per heavy atom. The molecule has 1 aliphatic rings. The predicted molar refractivity (Wildman–Crippen MR) is 68.0 cm³/mol. The van der Waals surface area contributed by atoms with Gasteiger partial charge in [0.2, 0.25) is 11.8 Å². The number of amides is 1. The van der Waals surface area contributed by atoms with Crippen LogP contribution in [-0.4, -0.2) is 27.9 Å². The van der Waals surface area contributed by atoms with Gasteiger partial charge in [-0.15, -0.1) is 0 Å². The van der Waals surface area contributed by atoms with Gasteiger partial charge in [-0.25, -0.2) is 13.6 Å². The third kappa shape index (κ3) is 3.15. The van der Waals surface area contributed by atoms with Gasteiger partial charge in [0.25, 0.3) is 0 Å². The number of anilines is 1. The Labute approximate surface area is 114 Å². The smallest absolute Gasteiger partial charge is 0.354 e. The van der Waals surface area contributed by atoms with Crippen molar-refractivity contribution in [1.29, 1.82) is 0 Å². The zero-order chi connectivity index (χ0) is 14.9. The number of carboxylic acid groups (broad SMARTS) is 1. The second-order valence-electron chi connectivity index (χ2n) is 5.17. The van der Waals surface area contributed by atoms with Gasteiger partial charge >= 0.3 is 5.97 Å². The lowest BCUT2D eigenvalue weighted by Gasteiger charge is -2.27. The number of aromatic amines is 1. The number of halogens is 2. The van der Waals surface area contributed by atoms with Crippen molar-refractivity contribution in [3.05, 3.63) is 17.5 Å². The lowest BCUT2D eigenvalue weighted by molar-refractivity contribution is -0.124. The fraction of sp³-hybridized carbons (Fsp3) is 0.538. The first-order chi connectivity index (χ1) is 9.28. The number of carboxylic acids is 1. The van der Waals surface area contributed by atoms with E-state index in [1.54, 1.807) is 6.92 Å². The van der Waals surface area contributed by atoms with Crippen LogP contribution in [0, 0.1) is 12.8 Å². The Hall–Kier alpha value is -1.92. The predicted octanol–water partition coefficient (Wildman–Crippen LogP) is 2.79. The van der Waals surface area contributed by atoms with Crippen LogP contribution in [0.1, 0.15) is 41.9 Å². The minimum Gasteiger partial charge on any atom is -0.477 e. The van der Waals surface area contributed by atoms with Crippen LogP contribution in [0.3, 0.4) is 0 Å². The molecule has 1 saturated carbocycles. The summed E-state index contributed by atoms with van der Waals surface area (Å²) in [5.74, 6) is -4.76. The monoisotopic (exact) mass is 286 g/mol. The minimum atomic E-state index is -2.69. The van der Waals surface area contributed by atoms with Crippen LogP contribution in [0.25, 0.3) is 0 Å². The van der Waals surface area contributed by atoms with Crippen LogP contribution in [-0.2, 0) is 4.79 Å². The molecule has 3 N–H and O–H groups in total. The van der Waals surface area contributed by atoms with Gasteiger partial charge in [0.15, 0.2) is 0 Å². The topological polar surface area (TPSA) is 82.2 Å². The third-order valence-corrected chi connectivity index (χ3v) is 3.51. The summed E-state index contributed by atoms with van der Waals surface area (Å²) in [6.07, 6.45) is -0.374. The first-order valence-corrected chi connectivity index (χ1v) is 6.40. The van der Waals surface area contributed by atoms with Crippen LogP contribution >= 0.6 is 0 Å². The van der Waals surface area contributed by atoms with E-state index in [-0.39, 0.29) is 37.1 Å². The van der Waals surface area contributed by atoms with Crippen molar-refractivity contribution in [2.45, 2.75) is 38.5 Å². The highest BCUT2D eigenvalue weighted by Crippen LogP contribution is 2.36. The van der Waals surface area contributed by atoms with Gasteiger partial charge in [-0.3, -0.25) is 4.79 Å². The SMILES string of the molecule is Cc1cc(NC(=O)C2CCC(F)(F)CC2)c(C(=O)O)[nH]1. The second kappa shape index (κ2) is 5.22. The average molecular weight is 286 g/mol. The molecule has 1 amide bonds. The van der Waals surface area contributed by atoms with E-state index in [9.17, 15) is 18.4 Å². The summed E-state index contributed by atoms with van der Waals surface area (Å²) in [6, 6.07) is 1.51. The molecule has 0 saturated heterocycles. The summed E-state index contributed by atoms with van der Waals surface area (Å²) in [4.78, 5) is 25.6. The van der Waals surface area contributed by atoms with Crippen molar-refractivity contribution in [2.75, 3.05) is 5.32 Å². The van der Waals surface area contributed by atoms with Gasteiger partial charge in [-0.05, 0) is 25.8 Å². The third-order valence-electron chi connectivity index (χ3n) is 3.51. The maximum Gasteiger partial charge on any atom is 0.354 e. The lowest BCUT2D eigenvalue weighted by atomic mass is 9.86. The van der Waals surface area contributed by atoms with Gasteiger partial charge < -0.3 is 15.4 Å². The number of carbonyl (C=O) groups excluding carboxylic acids is 1. The van der Waals surface area contributed by atoms with Crippen molar-refractivity contribution < 1.29 is 23.5 Å². The summed E-state index contributed by atoms with van der Waals surface area (Å²) in [5.41, 5.74) is 0.683. The van der Waals surface area contributed by atoms with E-state index in [1.165, 1.54) is 6.07 Å². The molecule has 0 aromatic carbocycles. The van der Waals surface area contributed by atoms with Crippen molar-refractivity contribution in [2.24, 2.45) is 5.92 Å². The summed E-state index contributed by atoms with van der Waals surface area (Å²) in [6.45, 7) is 1.67. The fourth-order valence-electron chi connectivity index (χ4n) is 2.39. The van der Waals surface area contributed by atoms with Gasteiger partial charge in [0, 0.05) is 24.5 Å². The number of hydrogen-bond acceptors (Lipinski definition) is 2. The highest BCUT2D eigenvalue weighted by molar-refractivity contribution is 6.00. The molecule has 1 aromatic heterocycles. The first-order valence-electron chi connectivity index (χ1n) is 6.40. The van der Waals surface area contributed by atoms with E-state index in [1.807, 2.05) is 0 Å². The van der Waals surface area contributed by atoms with Crippen LogP contribution in [0.5, 0.6) is 0 Å². The summed E-state index contributed by atoms with van der Waals surface area (Å²) >= 11 is 0. The second-order valence-corrected chi connectivity index (χ2v) is 5.17. The van der Waals surface area contributed by atoms with Crippen molar-refractivity contribution in [3.63, 3.8) is 0 Å². The fourth-order valence-corrected chi connectivity index (χ4v) is 2.39. The molecule has 2 rings (SSSR count). The van der Waals surface area contributed by atoms with Gasteiger partial charge in [0.1, 0.15) is 5.69 Å². The molecule has 0 atom stereocenters. The van der Waals surface area contributed by atoms with Gasteiger partial charge in [0.05, 0.1) is 5.69 Å². The first kappa shape index (κ1) is 14.5. The molecule has 0 unspecified atom stereocenters. The maximum absolute atomic E-state index is 13.0. The van der Waals surface area contributed by atoms with Crippen LogP contribution in [0.15, 0.2) is 6.07 Å². The molecule has 0 aliphatic heterocycles. The quantitative estimate of drug-likeness (QED) is 0.799. The molecule has 0 bridgehead atoms. The zero-order valence-corrected chi connectivity index (χ0v) is 11.0. The molecule has 7 heteroatoms. The highest BCUT2D eigenvalue weighted by Gasteiger charge is 2.37. The summed E-state index contributed by atoms with van der Waals surface area (Å²) in [5, 5.41) is 11.5. The van der Waals surface area contributed by atoms with Crippen molar-refractivity contribution in [1.82, 2.24) is 4.98 Å². The van der Waals surface area contributed by atoms with E-state index in [0.717, 1.165) is 0 Å². The summed E-state index contributed by atoms with van der Waals surface area (Å²) in [7, 11) is 0. The number of alkyl halides is 2. The normalized spacial score (nSPS) is 18.8. The Morgan fingerprint density at radius 1 is 1.40 bits per heavy atom. The number of aromatic carboxylic acids is 1. The molecule has 1 aromatic rings. The molecule has 20 heavy (non-hydrogen) atoms. The number of H-pyrrole nitrogens is 1. The molecule has 110 valence electrons. The van der Waals surface area contributed by atoms with Crippen LogP contribution in [0.2, 0.25) is 0 Å². The highest BCUT2D eigenvalue weighted by atomic mass is 19.3. The van der Waals surface area contributed by atoms with Crippen molar-refractivity contribution in [3.8, 4) is 0 Å². The van der Waals surface area contributed by atoms with Crippen LogP contribution in [0.4, 0.5) is 14.5 Å². The molecule has 0 spiro atoms. The number of aromatic nitrogens is 1. The average Bonchev–Trinajstić information content (AvgIpc) is 2.70. The molecule has 0 radical (unpaired) electrons. The largest absolute Gasteiger partial charge is 0.477 e. The molecule has 5 nitrogen and oxygen atoms in total. The number of nitrogens with one attached hydrogen (secondary N) is 2. The molecule has 1 aliphatic carbocycles. The Bertz CT molecular complexity index is 530. The van der Waals surface area contributed by atoms with Gasteiger partial charge in [-0.1, -0.05) is 0 Å². The molecular formula is C13H16F2N2O3. The number of carbonyl (C=O) groups is 2. The maximum atomic E-state index is 13.0. The van der Waals surface area contributed by atoms with E-state index in [0.29, 0.717) is 5.69 Å². The van der Waals surface area contributed by atoms with Crippen LogP contribution < -0.4 is 5.32 Å². The molecular weight excluding hydrogens is 270 g/mol. The standard InChI is InChI=1S/C13H16F2N2O3/c1-7-6-9(10(16-7)12(19)20)17-11(18)8-2-4-13(14,15)5-3-8/h6,8,16H,2-5H2,1H3,(H,17,18)(H,19,20). The summed E-state index contributed by atoms with van der Waals surface area (Å²) < 4.78 is 26.1.